The van der Waals surface area contributed by atoms with Gasteiger partial charge in [-0.1, -0.05) is 56.1 Å². The van der Waals surface area contributed by atoms with Crippen LogP contribution in [0.5, 0.6) is 5.75 Å². The van der Waals surface area contributed by atoms with Crippen LogP contribution in [0, 0.1) is 0 Å². The Labute approximate surface area is 214 Å². The van der Waals surface area contributed by atoms with Crippen molar-refractivity contribution in [2.75, 3.05) is 7.11 Å². The molecule has 0 atom stereocenters. The Morgan fingerprint density at radius 3 is 1.62 bits per heavy atom. The van der Waals surface area contributed by atoms with E-state index in [9.17, 15) is 0 Å². The van der Waals surface area contributed by atoms with Crippen LogP contribution in [0.4, 0.5) is 0 Å². The van der Waals surface area contributed by atoms with E-state index in [4.69, 9.17) is 4.74 Å². The van der Waals surface area contributed by atoms with Crippen molar-refractivity contribution < 1.29 is 4.74 Å². The number of ether oxygens (including phenoxy) is 1. The maximum atomic E-state index is 5.40. The normalized spacial score (nSPS) is 10.8. The van der Waals surface area contributed by atoms with E-state index in [1.165, 1.54) is 0 Å². The maximum absolute atomic E-state index is 5.40. The molecule has 0 fully saturated rings. The number of methoxy groups -OCH3 is 1. The molecule has 0 unspecified atom stereocenters. The zero-order valence-electron chi connectivity index (χ0n) is 18.1. The molecule has 0 aliphatic heterocycles. The number of aromatic nitrogens is 4. The van der Waals surface area contributed by atoms with Crippen molar-refractivity contribution in [1.29, 1.82) is 0 Å². The van der Waals surface area contributed by atoms with Crippen molar-refractivity contribution >= 4 is 31.9 Å². The SMILES string of the molecule is COc1ccc(-c2c(-c3ccccn3)nnc(-c3ccccn3)c2-c2cc(Br)cc(Br)c2)cc1. The molecule has 0 bridgehead atoms. The van der Waals surface area contributed by atoms with E-state index in [0.717, 1.165) is 48.3 Å². The lowest BCUT2D eigenvalue weighted by molar-refractivity contribution is 0.415. The van der Waals surface area contributed by atoms with Crippen LogP contribution in [0.15, 0.2) is 100 Å². The fraction of sp³-hybridized carbons (Fsp3) is 0.0370. The van der Waals surface area contributed by atoms with Crippen molar-refractivity contribution in [1.82, 2.24) is 20.2 Å². The summed E-state index contributed by atoms with van der Waals surface area (Å²) < 4.78 is 7.29. The largest absolute Gasteiger partial charge is 0.497 e. The van der Waals surface area contributed by atoms with Crippen molar-refractivity contribution in [2.45, 2.75) is 0 Å². The van der Waals surface area contributed by atoms with Crippen LogP contribution in [0.25, 0.3) is 45.0 Å². The number of benzene rings is 2. The highest BCUT2D eigenvalue weighted by Gasteiger charge is 2.23. The quantitative estimate of drug-likeness (QED) is 0.218. The first-order valence-electron chi connectivity index (χ1n) is 10.5. The second kappa shape index (κ2) is 9.83. The highest BCUT2D eigenvalue weighted by atomic mass is 79.9. The third-order valence-corrected chi connectivity index (χ3v) is 6.23. The summed E-state index contributed by atoms with van der Waals surface area (Å²) in [6, 6.07) is 25.7. The number of pyridine rings is 2. The molecule has 0 amide bonds. The van der Waals surface area contributed by atoms with Crippen molar-refractivity contribution in [2.24, 2.45) is 0 Å². The Morgan fingerprint density at radius 1 is 0.618 bits per heavy atom. The highest BCUT2D eigenvalue weighted by molar-refractivity contribution is 9.11. The summed E-state index contributed by atoms with van der Waals surface area (Å²) in [5, 5.41) is 9.34. The van der Waals surface area contributed by atoms with Gasteiger partial charge in [-0.05, 0) is 65.7 Å². The van der Waals surface area contributed by atoms with Gasteiger partial charge >= 0.3 is 0 Å². The average molecular weight is 574 g/mol. The van der Waals surface area contributed by atoms with E-state index >= 15 is 0 Å². The van der Waals surface area contributed by atoms with Gasteiger partial charge in [0.15, 0.2) is 0 Å². The number of nitrogens with zero attached hydrogens (tertiary/aromatic N) is 4. The van der Waals surface area contributed by atoms with Crippen molar-refractivity contribution in [3.63, 3.8) is 0 Å². The van der Waals surface area contributed by atoms with Gasteiger partial charge in [0, 0.05) is 32.5 Å². The van der Waals surface area contributed by atoms with Gasteiger partial charge in [0.1, 0.15) is 17.1 Å². The molecular formula is C27H18Br2N4O. The summed E-state index contributed by atoms with van der Waals surface area (Å²) in [5.74, 6) is 0.779. The maximum Gasteiger partial charge on any atom is 0.120 e. The minimum atomic E-state index is 0.691. The smallest absolute Gasteiger partial charge is 0.120 e. The van der Waals surface area contributed by atoms with Gasteiger partial charge < -0.3 is 4.74 Å². The topological polar surface area (TPSA) is 60.8 Å². The fourth-order valence-electron chi connectivity index (χ4n) is 3.82. The summed E-state index contributed by atoms with van der Waals surface area (Å²) in [6.07, 6.45) is 3.52. The van der Waals surface area contributed by atoms with E-state index in [1.807, 2.05) is 66.7 Å². The molecule has 0 aliphatic rings. The molecule has 0 N–H and O–H groups in total. The first-order chi connectivity index (χ1) is 16.6. The zero-order chi connectivity index (χ0) is 23.5. The minimum absolute atomic E-state index is 0.691. The molecule has 0 radical (unpaired) electrons. The summed E-state index contributed by atoms with van der Waals surface area (Å²) in [5.41, 5.74) is 6.64. The zero-order valence-corrected chi connectivity index (χ0v) is 21.3. The lowest BCUT2D eigenvalue weighted by atomic mass is 9.90. The van der Waals surface area contributed by atoms with Gasteiger partial charge in [-0.3, -0.25) is 9.97 Å². The van der Waals surface area contributed by atoms with Crippen LogP contribution >= 0.6 is 31.9 Å². The standard InChI is InChI=1S/C27H18Br2N4O/c1-34-21-10-8-17(9-11-21)24-25(18-14-19(28)16-20(29)15-18)27(23-7-3-5-13-31-23)33-32-26(24)22-6-2-4-12-30-22/h2-16H,1H3. The van der Waals surface area contributed by atoms with Crippen molar-refractivity contribution in [3.05, 3.63) is 100 Å². The molecule has 0 saturated heterocycles. The van der Waals surface area contributed by atoms with Gasteiger partial charge in [0.2, 0.25) is 0 Å². The Kier molecular flexibility index (Phi) is 6.47. The third kappa shape index (κ3) is 4.49. The van der Waals surface area contributed by atoms with Gasteiger partial charge in [0.05, 0.1) is 18.5 Å². The molecule has 5 aromatic rings. The fourth-order valence-corrected chi connectivity index (χ4v) is 5.11. The summed E-state index contributed by atoms with van der Waals surface area (Å²) in [7, 11) is 1.66. The Hall–Kier alpha value is -3.42. The number of rotatable bonds is 5. The molecule has 5 nitrogen and oxygen atoms in total. The molecule has 3 heterocycles. The highest BCUT2D eigenvalue weighted by Crippen LogP contribution is 2.44. The van der Waals surface area contributed by atoms with E-state index in [1.54, 1.807) is 19.5 Å². The van der Waals surface area contributed by atoms with Crippen LogP contribution in [0.3, 0.4) is 0 Å². The molecule has 166 valence electrons. The van der Waals surface area contributed by atoms with Crippen LogP contribution in [0.2, 0.25) is 0 Å². The first-order valence-corrected chi connectivity index (χ1v) is 12.1. The minimum Gasteiger partial charge on any atom is -0.497 e. The van der Waals surface area contributed by atoms with E-state index in [-0.39, 0.29) is 0 Å². The molecule has 34 heavy (non-hydrogen) atoms. The lowest BCUT2D eigenvalue weighted by Crippen LogP contribution is -2.02. The number of halogens is 2. The van der Waals surface area contributed by atoms with E-state index in [0.29, 0.717) is 11.4 Å². The van der Waals surface area contributed by atoms with Crippen LogP contribution in [-0.4, -0.2) is 27.3 Å². The van der Waals surface area contributed by atoms with Crippen LogP contribution in [-0.2, 0) is 0 Å². The lowest BCUT2D eigenvalue weighted by Gasteiger charge is -2.18. The summed E-state index contributed by atoms with van der Waals surface area (Å²) >= 11 is 7.29. The molecule has 0 aliphatic carbocycles. The second-order valence-corrected chi connectivity index (χ2v) is 9.30. The van der Waals surface area contributed by atoms with E-state index < -0.39 is 0 Å². The Morgan fingerprint density at radius 2 is 1.15 bits per heavy atom. The molecule has 0 saturated carbocycles. The molecule has 2 aromatic carbocycles. The Balaban J connectivity index is 1.91. The molecular weight excluding hydrogens is 556 g/mol. The van der Waals surface area contributed by atoms with Gasteiger partial charge in [0.25, 0.3) is 0 Å². The van der Waals surface area contributed by atoms with Crippen LogP contribution < -0.4 is 4.74 Å². The first kappa shape index (κ1) is 22.4. The van der Waals surface area contributed by atoms with Gasteiger partial charge in [-0.25, -0.2) is 0 Å². The predicted octanol–water partition coefficient (Wildman–Crippen LogP) is 7.47. The van der Waals surface area contributed by atoms with Gasteiger partial charge in [-0.2, -0.15) is 0 Å². The molecule has 3 aromatic heterocycles. The number of hydrogen-bond donors (Lipinski definition) is 0. The van der Waals surface area contributed by atoms with E-state index in [2.05, 4.69) is 64.2 Å². The summed E-state index contributed by atoms with van der Waals surface area (Å²) in [6.45, 7) is 0. The predicted molar refractivity (Wildman–Crippen MR) is 141 cm³/mol. The average Bonchev–Trinajstić information content (AvgIpc) is 2.88. The second-order valence-electron chi connectivity index (χ2n) is 7.46. The van der Waals surface area contributed by atoms with Crippen molar-refractivity contribution in [3.8, 4) is 50.8 Å². The summed E-state index contributed by atoms with van der Waals surface area (Å²) in [4.78, 5) is 9.16. The van der Waals surface area contributed by atoms with Gasteiger partial charge in [-0.15, -0.1) is 10.2 Å². The molecule has 0 spiro atoms. The molecule has 7 heteroatoms. The monoisotopic (exact) mass is 572 g/mol. The van der Waals surface area contributed by atoms with Crippen LogP contribution in [0.1, 0.15) is 0 Å². The Bertz CT molecular complexity index is 1420. The number of hydrogen-bond acceptors (Lipinski definition) is 5. The third-order valence-electron chi connectivity index (χ3n) is 5.32. The molecule has 5 rings (SSSR count).